The van der Waals surface area contributed by atoms with Gasteiger partial charge in [0.1, 0.15) is 17.1 Å². The molecule has 1 unspecified atom stereocenters. The van der Waals surface area contributed by atoms with Crippen molar-refractivity contribution in [2.75, 3.05) is 14.2 Å². The molecule has 174 valence electrons. The molecule has 5 nitrogen and oxygen atoms in total. The highest BCUT2D eigenvalue weighted by molar-refractivity contribution is 6.01. The van der Waals surface area contributed by atoms with Crippen LogP contribution in [0.5, 0.6) is 11.5 Å². The van der Waals surface area contributed by atoms with Crippen LogP contribution in [0.1, 0.15) is 36.6 Å². The van der Waals surface area contributed by atoms with Crippen molar-refractivity contribution in [1.29, 1.82) is 0 Å². The van der Waals surface area contributed by atoms with Crippen LogP contribution < -0.4 is 14.8 Å². The van der Waals surface area contributed by atoms with Gasteiger partial charge in [-0.15, -0.1) is 0 Å². The first-order chi connectivity index (χ1) is 16.4. The zero-order valence-corrected chi connectivity index (χ0v) is 20.1. The van der Waals surface area contributed by atoms with E-state index in [9.17, 15) is 4.79 Å². The number of allylic oxidation sites excluding steroid dienone is 1. The minimum atomic E-state index is -0.158. The maximum Gasteiger partial charge on any atom is 0.244 e. The molecule has 0 fully saturated rings. The summed E-state index contributed by atoms with van der Waals surface area (Å²) in [5, 5.41) is 3.99. The van der Waals surface area contributed by atoms with Gasteiger partial charge in [0.15, 0.2) is 0 Å². The molecule has 4 rings (SSSR count). The number of nitrogens with one attached hydrogen (secondary N) is 1. The fourth-order valence-corrected chi connectivity index (χ4v) is 4.24. The van der Waals surface area contributed by atoms with E-state index in [1.54, 1.807) is 26.6 Å². The van der Waals surface area contributed by atoms with Gasteiger partial charge in [0, 0.05) is 28.2 Å². The summed E-state index contributed by atoms with van der Waals surface area (Å²) in [7, 11) is 3.28. The van der Waals surface area contributed by atoms with Crippen molar-refractivity contribution in [3.05, 3.63) is 89.7 Å². The molecule has 0 radical (unpaired) electrons. The third kappa shape index (κ3) is 4.55. The monoisotopic (exact) mass is 455 g/mol. The lowest BCUT2D eigenvalue weighted by molar-refractivity contribution is -0.117. The van der Waals surface area contributed by atoms with Crippen LogP contribution >= 0.6 is 0 Å². The molecule has 0 aliphatic heterocycles. The number of hydrogen-bond donors (Lipinski definition) is 1. The van der Waals surface area contributed by atoms with Gasteiger partial charge in [0.05, 0.1) is 26.5 Å². The third-order valence-electron chi connectivity index (χ3n) is 6.06. The molecule has 1 amide bonds. The van der Waals surface area contributed by atoms with E-state index in [0.717, 1.165) is 50.1 Å². The number of amides is 1. The van der Waals surface area contributed by atoms with Crippen LogP contribution in [0.2, 0.25) is 0 Å². The Morgan fingerprint density at radius 1 is 1.03 bits per heavy atom. The van der Waals surface area contributed by atoms with Crippen molar-refractivity contribution >= 4 is 22.4 Å². The maximum absolute atomic E-state index is 12.8. The van der Waals surface area contributed by atoms with Crippen molar-refractivity contribution in [3.8, 4) is 22.6 Å². The Hall–Kier alpha value is -3.99. The molecule has 0 saturated carbocycles. The molecule has 3 aromatic carbocycles. The number of fused-ring (bicyclic) bond motifs is 1. The van der Waals surface area contributed by atoms with E-state index in [4.69, 9.17) is 13.9 Å². The van der Waals surface area contributed by atoms with Gasteiger partial charge < -0.3 is 19.2 Å². The lowest BCUT2D eigenvalue weighted by Gasteiger charge is -2.15. The summed E-state index contributed by atoms with van der Waals surface area (Å²) in [5.41, 5.74) is 6.29. The summed E-state index contributed by atoms with van der Waals surface area (Å²) in [5.74, 6) is 1.31. The standard InChI is InChI=1S/C29H29NO4/c1-18(14-27(31)30-20(3)21-10-7-6-8-11-21)24-16-25-26(22-12-9-13-23(15-22)32-4)17-34-29(25)19(2)28(24)33-5/h6-17,20H,1-5H3,(H,30,31)/b18-14+. The number of carbonyl (C=O) groups excluding carboxylic acids is 1. The molecular weight excluding hydrogens is 426 g/mol. The molecule has 1 N–H and O–H groups in total. The Morgan fingerprint density at radius 2 is 1.79 bits per heavy atom. The Bertz CT molecular complexity index is 1350. The average Bonchev–Trinajstić information content (AvgIpc) is 3.28. The summed E-state index contributed by atoms with van der Waals surface area (Å²) in [4.78, 5) is 12.8. The number of ether oxygens (including phenoxy) is 2. The van der Waals surface area contributed by atoms with Crippen LogP contribution in [0.4, 0.5) is 0 Å². The number of hydrogen-bond acceptors (Lipinski definition) is 4. The second-order valence-corrected chi connectivity index (χ2v) is 8.31. The van der Waals surface area contributed by atoms with Crippen molar-refractivity contribution in [2.45, 2.75) is 26.8 Å². The van der Waals surface area contributed by atoms with E-state index in [1.807, 2.05) is 81.4 Å². The maximum atomic E-state index is 12.8. The van der Waals surface area contributed by atoms with E-state index < -0.39 is 0 Å². The lowest BCUT2D eigenvalue weighted by Crippen LogP contribution is -2.24. The number of carbonyl (C=O) groups is 1. The molecule has 5 heteroatoms. The molecule has 0 aliphatic carbocycles. The van der Waals surface area contributed by atoms with Crippen molar-refractivity contribution in [2.24, 2.45) is 0 Å². The quantitative estimate of drug-likeness (QED) is 0.315. The Kier molecular flexibility index (Phi) is 6.73. The van der Waals surface area contributed by atoms with Crippen LogP contribution in [0.25, 0.3) is 27.7 Å². The first-order valence-electron chi connectivity index (χ1n) is 11.2. The number of aryl methyl sites for hydroxylation is 1. The molecule has 1 aromatic heterocycles. The fourth-order valence-electron chi connectivity index (χ4n) is 4.24. The van der Waals surface area contributed by atoms with Gasteiger partial charge in [-0.05, 0) is 55.7 Å². The van der Waals surface area contributed by atoms with Crippen LogP contribution in [0, 0.1) is 6.92 Å². The molecule has 0 saturated heterocycles. The first kappa shape index (κ1) is 23.2. The molecule has 0 aliphatic rings. The number of rotatable bonds is 7. The van der Waals surface area contributed by atoms with Crippen LogP contribution in [-0.2, 0) is 4.79 Å². The minimum Gasteiger partial charge on any atom is -0.497 e. The van der Waals surface area contributed by atoms with Crippen molar-refractivity contribution in [3.63, 3.8) is 0 Å². The Morgan fingerprint density at radius 3 is 2.50 bits per heavy atom. The van der Waals surface area contributed by atoms with E-state index in [1.165, 1.54) is 0 Å². The second-order valence-electron chi connectivity index (χ2n) is 8.31. The number of methoxy groups -OCH3 is 2. The van der Waals surface area contributed by atoms with E-state index in [2.05, 4.69) is 5.32 Å². The molecule has 1 heterocycles. The van der Waals surface area contributed by atoms with Gasteiger partial charge in [-0.25, -0.2) is 0 Å². The Labute approximate surface area is 200 Å². The summed E-state index contributed by atoms with van der Waals surface area (Å²) in [6, 6.07) is 19.7. The molecule has 4 aromatic rings. The Balaban J connectivity index is 1.72. The smallest absolute Gasteiger partial charge is 0.244 e. The largest absolute Gasteiger partial charge is 0.497 e. The molecule has 0 bridgehead atoms. The van der Waals surface area contributed by atoms with Gasteiger partial charge in [0.25, 0.3) is 0 Å². The van der Waals surface area contributed by atoms with Crippen molar-refractivity contribution in [1.82, 2.24) is 5.32 Å². The molecule has 34 heavy (non-hydrogen) atoms. The minimum absolute atomic E-state index is 0.0996. The number of furan rings is 1. The number of benzene rings is 3. The molecule has 1 atom stereocenters. The van der Waals surface area contributed by atoms with Gasteiger partial charge in [-0.3, -0.25) is 4.79 Å². The predicted octanol–water partition coefficient (Wildman–Crippen LogP) is 6.71. The first-order valence-corrected chi connectivity index (χ1v) is 11.2. The van der Waals surface area contributed by atoms with E-state index in [0.29, 0.717) is 5.75 Å². The topological polar surface area (TPSA) is 60.7 Å². The highest BCUT2D eigenvalue weighted by atomic mass is 16.5. The fraction of sp³-hybridized carbons (Fsp3) is 0.207. The van der Waals surface area contributed by atoms with Gasteiger partial charge >= 0.3 is 0 Å². The highest BCUT2D eigenvalue weighted by Gasteiger charge is 2.19. The van der Waals surface area contributed by atoms with Crippen molar-refractivity contribution < 1.29 is 18.7 Å². The average molecular weight is 456 g/mol. The van der Waals surface area contributed by atoms with Gasteiger partial charge in [0.2, 0.25) is 5.91 Å². The third-order valence-corrected chi connectivity index (χ3v) is 6.06. The van der Waals surface area contributed by atoms with E-state index >= 15 is 0 Å². The SMILES string of the molecule is COc1cccc(-c2coc3c(C)c(OC)c(/C(C)=C/C(=O)NC(C)c4ccccc4)cc23)c1. The van der Waals surface area contributed by atoms with Crippen LogP contribution in [0.3, 0.4) is 0 Å². The summed E-state index contributed by atoms with van der Waals surface area (Å²) < 4.78 is 17.1. The molecular formula is C29H29NO4. The van der Waals surface area contributed by atoms with Crippen LogP contribution in [-0.4, -0.2) is 20.1 Å². The summed E-state index contributed by atoms with van der Waals surface area (Å²) in [6.45, 7) is 5.86. The lowest BCUT2D eigenvalue weighted by atomic mass is 9.96. The summed E-state index contributed by atoms with van der Waals surface area (Å²) >= 11 is 0. The highest BCUT2D eigenvalue weighted by Crippen LogP contribution is 2.41. The zero-order chi connectivity index (χ0) is 24.2. The van der Waals surface area contributed by atoms with E-state index in [-0.39, 0.29) is 11.9 Å². The van der Waals surface area contributed by atoms with Gasteiger partial charge in [-0.2, -0.15) is 0 Å². The predicted molar refractivity (Wildman–Crippen MR) is 136 cm³/mol. The molecule has 0 spiro atoms. The second kappa shape index (κ2) is 9.87. The normalized spacial score (nSPS) is 12.4. The van der Waals surface area contributed by atoms with Gasteiger partial charge in [-0.1, -0.05) is 42.5 Å². The zero-order valence-electron chi connectivity index (χ0n) is 20.1. The summed E-state index contributed by atoms with van der Waals surface area (Å²) in [6.07, 6.45) is 3.37. The van der Waals surface area contributed by atoms with Crippen LogP contribution in [0.15, 0.2) is 77.4 Å².